The van der Waals surface area contributed by atoms with Crippen LogP contribution >= 0.6 is 0 Å². The lowest BCUT2D eigenvalue weighted by molar-refractivity contribution is 0.473. The average Bonchev–Trinajstić information content (AvgIpc) is 2.50. The molecule has 0 nitrogen and oxygen atoms in total. The molecular weight excluding hydrogens is 273 g/mol. The molecule has 0 spiro atoms. The van der Waals surface area contributed by atoms with Gasteiger partial charge < -0.3 is 0 Å². The third kappa shape index (κ3) is 2.48. The zero-order valence-electron chi connectivity index (χ0n) is 11.5. The fraction of sp³-hybridized carbons (Fsp3) is 0.222. The van der Waals surface area contributed by atoms with Crippen LogP contribution < -0.4 is 0 Å². The van der Waals surface area contributed by atoms with Crippen molar-refractivity contribution >= 4 is 6.08 Å². The summed E-state index contributed by atoms with van der Waals surface area (Å²) in [5, 5.41) is 0. The van der Waals surface area contributed by atoms with Crippen LogP contribution in [-0.4, -0.2) is 0 Å². The summed E-state index contributed by atoms with van der Waals surface area (Å²) in [5.41, 5.74) is 2.59. The van der Waals surface area contributed by atoms with E-state index in [0.717, 1.165) is 17.2 Å². The van der Waals surface area contributed by atoms with E-state index < -0.39 is 11.6 Å². The number of rotatable bonds is 2. The van der Waals surface area contributed by atoms with Gasteiger partial charge in [-0.3, -0.25) is 0 Å². The summed E-state index contributed by atoms with van der Waals surface area (Å²) in [5.74, 6) is -1.83. The van der Waals surface area contributed by atoms with Gasteiger partial charge in [-0.1, -0.05) is 30.9 Å². The predicted octanol–water partition coefficient (Wildman–Crippen LogP) is 5.02. The van der Waals surface area contributed by atoms with Crippen molar-refractivity contribution in [1.29, 1.82) is 0 Å². The average molecular weight is 288 g/mol. The fourth-order valence-electron chi connectivity index (χ4n) is 3.05. The lowest BCUT2D eigenvalue weighted by Gasteiger charge is -2.25. The van der Waals surface area contributed by atoms with Crippen LogP contribution in [0.15, 0.2) is 36.9 Å². The van der Waals surface area contributed by atoms with Crippen LogP contribution in [0.2, 0.25) is 0 Å². The van der Waals surface area contributed by atoms with Crippen LogP contribution in [0.1, 0.15) is 34.6 Å². The Morgan fingerprint density at radius 2 is 1.86 bits per heavy atom. The molecule has 1 aliphatic carbocycles. The van der Waals surface area contributed by atoms with Gasteiger partial charge in [-0.2, -0.15) is 0 Å². The van der Waals surface area contributed by atoms with Crippen LogP contribution in [0.25, 0.3) is 6.08 Å². The molecule has 0 N–H and O–H groups in total. The molecule has 0 radical (unpaired) electrons. The standard InChI is InChI=1S/C18H15F3/c1-2-11-3-6-14(17(20)9-11)12-4-7-15-13(10-12)5-8-16(19)18(15)21/h2-3,5-6,8-9,12H,1,4,7,10H2. The van der Waals surface area contributed by atoms with Crippen LogP contribution in [0.4, 0.5) is 13.2 Å². The Morgan fingerprint density at radius 1 is 1.05 bits per heavy atom. The molecular formula is C18H15F3. The van der Waals surface area contributed by atoms with Crippen LogP contribution in [0.5, 0.6) is 0 Å². The van der Waals surface area contributed by atoms with Crippen LogP contribution in [0, 0.1) is 17.5 Å². The zero-order valence-corrected chi connectivity index (χ0v) is 11.5. The van der Waals surface area contributed by atoms with Crippen molar-refractivity contribution in [2.24, 2.45) is 0 Å². The van der Waals surface area contributed by atoms with Crippen LogP contribution in [0.3, 0.4) is 0 Å². The van der Waals surface area contributed by atoms with E-state index in [4.69, 9.17) is 0 Å². The number of hydrogen-bond acceptors (Lipinski definition) is 0. The third-order valence-electron chi connectivity index (χ3n) is 4.20. The molecule has 3 rings (SSSR count). The van der Waals surface area contributed by atoms with E-state index in [1.807, 2.05) is 6.07 Å². The second-order valence-corrected chi connectivity index (χ2v) is 5.42. The van der Waals surface area contributed by atoms with Crippen molar-refractivity contribution in [3.63, 3.8) is 0 Å². The third-order valence-corrected chi connectivity index (χ3v) is 4.20. The largest absolute Gasteiger partial charge is 0.207 e. The summed E-state index contributed by atoms with van der Waals surface area (Å²) in [6.45, 7) is 3.62. The Morgan fingerprint density at radius 3 is 2.57 bits per heavy atom. The van der Waals surface area contributed by atoms with Gasteiger partial charge in [0.2, 0.25) is 0 Å². The molecule has 2 aromatic rings. The summed E-state index contributed by atoms with van der Waals surface area (Å²) >= 11 is 0. The maximum absolute atomic E-state index is 14.2. The normalized spacial score (nSPS) is 17.4. The summed E-state index contributed by atoms with van der Waals surface area (Å²) in [7, 11) is 0. The van der Waals surface area contributed by atoms with Crippen molar-refractivity contribution in [3.05, 3.63) is 76.6 Å². The number of fused-ring (bicyclic) bond motifs is 1. The van der Waals surface area contributed by atoms with Crippen molar-refractivity contribution < 1.29 is 13.2 Å². The molecule has 0 aromatic heterocycles. The number of hydrogen-bond donors (Lipinski definition) is 0. The van der Waals surface area contributed by atoms with E-state index in [1.165, 1.54) is 6.07 Å². The lowest BCUT2D eigenvalue weighted by atomic mass is 9.79. The Labute approximate surface area is 121 Å². The van der Waals surface area contributed by atoms with E-state index in [2.05, 4.69) is 6.58 Å². The van der Waals surface area contributed by atoms with E-state index in [9.17, 15) is 13.2 Å². The number of halogens is 3. The Bertz CT molecular complexity index is 704. The van der Waals surface area contributed by atoms with Crippen LogP contribution in [-0.2, 0) is 12.8 Å². The Kier molecular flexibility index (Phi) is 3.58. The first-order valence-corrected chi connectivity index (χ1v) is 6.97. The van der Waals surface area contributed by atoms with E-state index >= 15 is 0 Å². The van der Waals surface area contributed by atoms with Gasteiger partial charge in [0.15, 0.2) is 11.6 Å². The van der Waals surface area contributed by atoms with Gasteiger partial charge in [0.25, 0.3) is 0 Å². The smallest absolute Gasteiger partial charge is 0.162 e. The highest BCUT2D eigenvalue weighted by molar-refractivity contribution is 5.48. The SMILES string of the molecule is C=Cc1ccc(C2CCc3c(ccc(F)c3F)C2)c(F)c1. The van der Waals surface area contributed by atoms with Gasteiger partial charge >= 0.3 is 0 Å². The second kappa shape index (κ2) is 5.40. The highest BCUT2D eigenvalue weighted by atomic mass is 19.2. The molecule has 21 heavy (non-hydrogen) atoms. The van der Waals surface area contributed by atoms with Gasteiger partial charge in [0.05, 0.1) is 0 Å². The first kappa shape index (κ1) is 13.9. The van der Waals surface area contributed by atoms with Crippen molar-refractivity contribution in [3.8, 4) is 0 Å². The molecule has 0 amide bonds. The molecule has 0 fully saturated rings. The molecule has 1 aliphatic rings. The minimum absolute atomic E-state index is 0.00114. The first-order chi connectivity index (χ1) is 10.1. The van der Waals surface area contributed by atoms with Crippen molar-refractivity contribution in [2.75, 3.05) is 0 Å². The maximum Gasteiger partial charge on any atom is 0.162 e. The molecule has 2 aromatic carbocycles. The molecule has 1 unspecified atom stereocenters. The molecule has 0 bridgehead atoms. The van der Waals surface area contributed by atoms with E-state index in [1.54, 1.807) is 18.2 Å². The minimum Gasteiger partial charge on any atom is -0.207 e. The zero-order chi connectivity index (χ0) is 15.0. The molecule has 0 aliphatic heterocycles. The maximum atomic E-state index is 14.2. The molecule has 108 valence electrons. The topological polar surface area (TPSA) is 0 Å². The first-order valence-electron chi connectivity index (χ1n) is 6.97. The van der Waals surface area contributed by atoms with Crippen molar-refractivity contribution in [1.82, 2.24) is 0 Å². The Hall–Kier alpha value is -2.03. The fourth-order valence-corrected chi connectivity index (χ4v) is 3.05. The van der Waals surface area contributed by atoms with E-state index in [-0.39, 0.29) is 11.7 Å². The van der Waals surface area contributed by atoms with Crippen molar-refractivity contribution in [2.45, 2.75) is 25.2 Å². The second-order valence-electron chi connectivity index (χ2n) is 5.42. The summed E-state index contributed by atoms with van der Waals surface area (Å²) < 4.78 is 41.1. The molecule has 3 heteroatoms. The molecule has 0 saturated carbocycles. The van der Waals surface area contributed by atoms with Gasteiger partial charge in [-0.25, -0.2) is 13.2 Å². The lowest BCUT2D eigenvalue weighted by Crippen LogP contribution is -2.16. The van der Waals surface area contributed by atoms with Gasteiger partial charge in [-0.05, 0) is 59.6 Å². The minimum atomic E-state index is -0.811. The van der Waals surface area contributed by atoms with Gasteiger partial charge in [0.1, 0.15) is 5.82 Å². The predicted molar refractivity (Wildman–Crippen MR) is 77.6 cm³/mol. The quantitative estimate of drug-likeness (QED) is 0.728. The molecule has 1 atom stereocenters. The summed E-state index contributed by atoms with van der Waals surface area (Å²) in [6.07, 6.45) is 3.20. The number of benzene rings is 2. The highest BCUT2D eigenvalue weighted by Gasteiger charge is 2.25. The Balaban J connectivity index is 1.93. The van der Waals surface area contributed by atoms with Gasteiger partial charge in [0, 0.05) is 0 Å². The van der Waals surface area contributed by atoms with Gasteiger partial charge in [-0.15, -0.1) is 0 Å². The van der Waals surface area contributed by atoms with E-state index in [0.29, 0.717) is 30.4 Å². The summed E-state index contributed by atoms with van der Waals surface area (Å²) in [4.78, 5) is 0. The molecule has 0 heterocycles. The monoisotopic (exact) mass is 288 g/mol. The molecule has 0 saturated heterocycles. The summed E-state index contributed by atoms with van der Waals surface area (Å²) in [6, 6.07) is 7.81. The highest BCUT2D eigenvalue weighted by Crippen LogP contribution is 2.35.